The molecule has 4 nitrogen and oxygen atoms in total. The molecule has 2 rings (SSSR count). The molecular weight excluding hydrogens is 268 g/mol. The summed E-state index contributed by atoms with van der Waals surface area (Å²) < 4.78 is 2.95. The number of imidazole rings is 1. The van der Waals surface area contributed by atoms with Crippen LogP contribution in [0.5, 0.6) is 0 Å². The molecule has 0 bridgehead atoms. The summed E-state index contributed by atoms with van der Waals surface area (Å²) in [7, 11) is 0. The number of pyridine rings is 1. The van der Waals surface area contributed by atoms with Gasteiger partial charge >= 0.3 is 0 Å². The number of hydrogen-bond acceptors (Lipinski definition) is 3. The molecule has 0 unspecified atom stereocenters. The van der Waals surface area contributed by atoms with Crippen molar-refractivity contribution in [1.29, 1.82) is 0 Å². The van der Waals surface area contributed by atoms with E-state index in [0.29, 0.717) is 12.0 Å². The summed E-state index contributed by atoms with van der Waals surface area (Å²) in [5.74, 6) is 0.550. The van der Waals surface area contributed by atoms with Gasteiger partial charge in [0.2, 0.25) is 5.95 Å². The molecule has 0 spiro atoms. The number of nitrogen functional groups attached to an aromatic ring is 1. The molecule has 5 heteroatoms. The van der Waals surface area contributed by atoms with Crippen molar-refractivity contribution in [1.82, 2.24) is 14.5 Å². The van der Waals surface area contributed by atoms with Gasteiger partial charge < -0.3 is 5.73 Å². The largest absolute Gasteiger partial charge is 0.369 e. The second kappa shape index (κ2) is 4.41. The highest BCUT2D eigenvalue weighted by Gasteiger charge is 2.15. The van der Waals surface area contributed by atoms with Crippen molar-refractivity contribution in [2.24, 2.45) is 0 Å². The summed E-state index contributed by atoms with van der Waals surface area (Å²) in [6, 6.07) is 2.32. The SMILES string of the molecule is CCC(CC)n1c(N)nc2cc(Br)cnc21. The van der Waals surface area contributed by atoms with Crippen molar-refractivity contribution in [3.8, 4) is 0 Å². The minimum absolute atomic E-state index is 0.374. The number of rotatable bonds is 3. The zero-order valence-electron chi connectivity index (χ0n) is 9.44. The molecule has 2 aromatic rings. The Kier molecular flexibility index (Phi) is 3.14. The maximum atomic E-state index is 5.95. The van der Waals surface area contributed by atoms with Crippen LogP contribution in [0.2, 0.25) is 0 Å². The number of fused-ring (bicyclic) bond motifs is 1. The highest BCUT2D eigenvalue weighted by molar-refractivity contribution is 9.10. The summed E-state index contributed by atoms with van der Waals surface area (Å²) in [6.45, 7) is 4.30. The van der Waals surface area contributed by atoms with Crippen molar-refractivity contribution >= 4 is 33.0 Å². The average molecular weight is 283 g/mol. The summed E-state index contributed by atoms with van der Waals surface area (Å²) >= 11 is 3.38. The molecule has 0 aliphatic heterocycles. The van der Waals surface area contributed by atoms with Crippen LogP contribution in [0.1, 0.15) is 32.7 Å². The van der Waals surface area contributed by atoms with Gasteiger partial charge in [-0.05, 0) is 34.8 Å². The van der Waals surface area contributed by atoms with E-state index in [1.54, 1.807) is 6.20 Å². The maximum Gasteiger partial charge on any atom is 0.202 e. The first-order valence-electron chi connectivity index (χ1n) is 5.46. The average Bonchev–Trinajstić information content (AvgIpc) is 2.57. The molecule has 0 fully saturated rings. The number of anilines is 1. The second-order valence-corrected chi connectivity index (χ2v) is 4.72. The minimum atomic E-state index is 0.374. The van der Waals surface area contributed by atoms with Gasteiger partial charge in [-0.2, -0.15) is 0 Å². The first-order chi connectivity index (χ1) is 7.67. The lowest BCUT2D eigenvalue weighted by Crippen LogP contribution is -2.10. The Hall–Kier alpha value is -1.10. The van der Waals surface area contributed by atoms with E-state index in [9.17, 15) is 0 Å². The van der Waals surface area contributed by atoms with Gasteiger partial charge in [-0.3, -0.25) is 4.57 Å². The normalized spacial score (nSPS) is 11.5. The molecule has 0 aliphatic carbocycles. The number of hydrogen-bond donors (Lipinski definition) is 1. The predicted octanol–water partition coefficient (Wildman–Crippen LogP) is 3.14. The summed E-state index contributed by atoms with van der Waals surface area (Å²) in [4.78, 5) is 8.73. The lowest BCUT2D eigenvalue weighted by Gasteiger charge is -2.16. The molecule has 0 saturated heterocycles. The lowest BCUT2D eigenvalue weighted by atomic mass is 10.2. The van der Waals surface area contributed by atoms with E-state index in [4.69, 9.17) is 5.73 Å². The molecule has 0 atom stereocenters. The summed E-state index contributed by atoms with van der Waals surface area (Å²) in [6.07, 6.45) is 3.84. The molecule has 2 aromatic heterocycles. The highest BCUT2D eigenvalue weighted by atomic mass is 79.9. The highest BCUT2D eigenvalue weighted by Crippen LogP contribution is 2.26. The van der Waals surface area contributed by atoms with E-state index in [1.807, 2.05) is 10.6 Å². The van der Waals surface area contributed by atoms with Crippen molar-refractivity contribution in [3.63, 3.8) is 0 Å². The van der Waals surface area contributed by atoms with Crippen LogP contribution in [0, 0.1) is 0 Å². The number of aromatic nitrogens is 3. The molecule has 0 aromatic carbocycles. The first-order valence-corrected chi connectivity index (χ1v) is 6.25. The van der Waals surface area contributed by atoms with Crippen LogP contribution in [0.15, 0.2) is 16.7 Å². The Labute approximate surface area is 103 Å². The third-order valence-corrected chi connectivity index (χ3v) is 3.27. The molecular formula is C11H15BrN4. The monoisotopic (exact) mass is 282 g/mol. The Bertz CT molecular complexity index is 502. The Morgan fingerprint density at radius 3 is 2.75 bits per heavy atom. The molecule has 86 valence electrons. The van der Waals surface area contributed by atoms with Gasteiger partial charge in [0, 0.05) is 16.7 Å². The van der Waals surface area contributed by atoms with Crippen molar-refractivity contribution in [3.05, 3.63) is 16.7 Å². The van der Waals surface area contributed by atoms with Crippen LogP contribution in [-0.2, 0) is 0 Å². The lowest BCUT2D eigenvalue weighted by molar-refractivity contribution is 0.486. The van der Waals surface area contributed by atoms with E-state index < -0.39 is 0 Å². The Balaban J connectivity index is 2.64. The molecule has 0 aliphatic rings. The number of nitrogens with zero attached hydrogens (tertiary/aromatic N) is 3. The van der Waals surface area contributed by atoms with Crippen LogP contribution in [0.25, 0.3) is 11.2 Å². The zero-order chi connectivity index (χ0) is 11.7. The summed E-state index contributed by atoms with van der Waals surface area (Å²) in [5.41, 5.74) is 7.67. The van der Waals surface area contributed by atoms with Gasteiger partial charge in [0.05, 0.1) is 0 Å². The molecule has 2 heterocycles. The van der Waals surface area contributed by atoms with E-state index >= 15 is 0 Å². The minimum Gasteiger partial charge on any atom is -0.369 e. The quantitative estimate of drug-likeness (QED) is 0.941. The summed E-state index contributed by atoms with van der Waals surface area (Å²) in [5, 5.41) is 0. The predicted molar refractivity (Wildman–Crippen MR) is 69.3 cm³/mol. The van der Waals surface area contributed by atoms with E-state index in [0.717, 1.165) is 28.5 Å². The van der Waals surface area contributed by atoms with Gasteiger partial charge in [-0.25, -0.2) is 9.97 Å². The van der Waals surface area contributed by atoms with Crippen LogP contribution >= 0.6 is 15.9 Å². The van der Waals surface area contributed by atoms with Crippen LogP contribution in [0.4, 0.5) is 5.95 Å². The van der Waals surface area contributed by atoms with Crippen LogP contribution in [0.3, 0.4) is 0 Å². The third kappa shape index (κ3) is 1.80. The second-order valence-electron chi connectivity index (χ2n) is 3.81. The fourth-order valence-electron chi connectivity index (χ4n) is 1.99. The van der Waals surface area contributed by atoms with Crippen molar-refractivity contribution in [2.45, 2.75) is 32.7 Å². The fourth-order valence-corrected chi connectivity index (χ4v) is 2.31. The van der Waals surface area contributed by atoms with Crippen molar-refractivity contribution < 1.29 is 0 Å². The molecule has 2 N–H and O–H groups in total. The molecule has 0 amide bonds. The van der Waals surface area contributed by atoms with Gasteiger partial charge in [-0.1, -0.05) is 13.8 Å². The number of nitrogens with two attached hydrogens (primary N) is 1. The third-order valence-electron chi connectivity index (χ3n) is 2.83. The zero-order valence-corrected chi connectivity index (χ0v) is 11.0. The fraction of sp³-hybridized carbons (Fsp3) is 0.455. The van der Waals surface area contributed by atoms with E-state index in [-0.39, 0.29) is 0 Å². The van der Waals surface area contributed by atoms with Crippen LogP contribution < -0.4 is 5.73 Å². The van der Waals surface area contributed by atoms with E-state index in [2.05, 4.69) is 39.7 Å². The first kappa shape index (κ1) is 11.4. The molecule has 0 radical (unpaired) electrons. The maximum absolute atomic E-state index is 5.95. The molecule has 16 heavy (non-hydrogen) atoms. The van der Waals surface area contributed by atoms with Gasteiger partial charge in [0.15, 0.2) is 5.65 Å². The van der Waals surface area contributed by atoms with Gasteiger partial charge in [0.1, 0.15) is 5.52 Å². The van der Waals surface area contributed by atoms with Crippen LogP contribution in [-0.4, -0.2) is 14.5 Å². The van der Waals surface area contributed by atoms with Gasteiger partial charge in [-0.15, -0.1) is 0 Å². The number of halogens is 1. The molecule has 0 saturated carbocycles. The topological polar surface area (TPSA) is 56.7 Å². The van der Waals surface area contributed by atoms with Crippen molar-refractivity contribution in [2.75, 3.05) is 5.73 Å². The smallest absolute Gasteiger partial charge is 0.202 e. The standard InChI is InChI=1S/C11H15BrN4/c1-3-8(4-2)16-10-9(15-11(16)13)5-7(12)6-14-10/h5-6,8H,3-4H2,1-2H3,(H2,13,15). The Morgan fingerprint density at radius 2 is 2.12 bits per heavy atom. The Morgan fingerprint density at radius 1 is 1.44 bits per heavy atom. The van der Waals surface area contributed by atoms with Gasteiger partial charge in [0.25, 0.3) is 0 Å². The van der Waals surface area contributed by atoms with E-state index in [1.165, 1.54) is 0 Å².